The Balaban J connectivity index is 2.13. The molecule has 0 bridgehead atoms. The van der Waals surface area contributed by atoms with E-state index < -0.39 is 0 Å². The van der Waals surface area contributed by atoms with E-state index in [9.17, 15) is 4.39 Å². The third kappa shape index (κ3) is 4.09. The molecule has 0 saturated heterocycles. The van der Waals surface area contributed by atoms with Crippen molar-refractivity contribution in [2.75, 3.05) is 5.32 Å². The maximum atomic E-state index is 13.0. The number of unbranched alkanes of at least 4 members (excludes halogenated alkanes) is 1. The van der Waals surface area contributed by atoms with Crippen LogP contribution in [0.2, 0.25) is 0 Å². The molecule has 0 radical (unpaired) electrons. The fourth-order valence-electron chi connectivity index (χ4n) is 2.16. The van der Waals surface area contributed by atoms with Crippen LogP contribution in [0.1, 0.15) is 37.8 Å². The summed E-state index contributed by atoms with van der Waals surface area (Å²) in [7, 11) is 0. The average molecular weight is 257 g/mol. The summed E-state index contributed by atoms with van der Waals surface area (Å²) < 4.78 is 13.0. The van der Waals surface area contributed by atoms with E-state index in [1.54, 1.807) is 0 Å². The van der Waals surface area contributed by atoms with Gasteiger partial charge in [0.25, 0.3) is 0 Å². The summed E-state index contributed by atoms with van der Waals surface area (Å²) in [6.45, 7) is 2.18. The monoisotopic (exact) mass is 257 g/mol. The van der Waals surface area contributed by atoms with Crippen molar-refractivity contribution in [3.63, 3.8) is 0 Å². The second kappa shape index (κ2) is 6.93. The van der Waals surface area contributed by atoms with Crippen LogP contribution in [0.4, 0.5) is 10.1 Å². The quantitative estimate of drug-likeness (QED) is 0.752. The highest BCUT2D eigenvalue weighted by atomic mass is 19.1. The SMILES string of the molecule is CCCCC(Nc1ccccc1)c1ccc(F)cc1. The van der Waals surface area contributed by atoms with Crippen LogP contribution >= 0.6 is 0 Å². The van der Waals surface area contributed by atoms with Crippen LogP contribution in [0.15, 0.2) is 54.6 Å². The number of benzene rings is 2. The first kappa shape index (κ1) is 13.6. The number of anilines is 1. The highest BCUT2D eigenvalue weighted by Crippen LogP contribution is 2.24. The van der Waals surface area contributed by atoms with Gasteiger partial charge in [-0.1, -0.05) is 50.1 Å². The molecule has 2 aromatic carbocycles. The third-order valence-corrected chi connectivity index (χ3v) is 3.23. The van der Waals surface area contributed by atoms with Crippen LogP contribution in [0.5, 0.6) is 0 Å². The largest absolute Gasteiger partial charge is 0.378 e. The average Bonchev–Trinajstić information content (AvgIpc) is 2.45. The summed E-state index contributed by atoms with van der Waals surface area (Å²) in [6.07, 6.45) is 3.37. The van der Waals surface area contributed by atoms with Crippen molar-refractivity contribution in [1.29, 1.82) is 0 Å². The van der Waals surface area contributed by atoms with Gasteiger partial charge in [-0.2, -0.15) is 0 Å². The van der Waals surface area contributed by atoms with Gasteiger partial charge in [0.2, 0.25) is 0 Å². The fourth-order valence-corrected chi connectivity index (χ4v) is 2.16. The Morgan fingerprint density at radius 3 is 2.32 bits per heavy atom. The van der Waals surface area contributed by atoms with Crippen molar-refractivity contribution >= 4 is 5.69 Å². The van der Waals surface area contributed by atoms with Gasteiger partial charge in [-0.25, -0.2) is 4.39 Å². The maximum Gasteiger partial charge on any atom is 0.123 e. The lowest BCUT2D eigenvalue weighted by molar-refractivity contribution is 0.616. The van der Waals surface area contributed by atoms with Gasteiger partial charge in [-0.15, -0.1) is 0 Å². The zero-order valence-corrected chi connectivity index (χ0v) is 11.3. The molecule has 19 heavy (non-hydrogen) atoms. The minimum Gasteiger partial charge on any atom is -0.378 e. The first-order valence-corrected chi connectivity index (χ1v) is 6.86. The number of hydrogen-bond acceptors (Lipinski definition) is 1. The molecule has 0 aliphatic carbocycles. The first-order valence-electron chi connectivity index (χ1n) is 6.86. The van der Waals surface area contributed by atoms with Gasteiger partial charge in [0, 0.05) is 5.69 Å². The molecule has 1 nitrogen and oxygen atoms in total. The first-order chi connectivity index (χ1) is 9.29. The summed E-state index contributed by atoms with van der Waals surface area (Å²) in [5.74, 6) is -0.183. The molecule has 0 fully saturated rings. The second-order valence-corrected chi connectivity index (χ2v) is 4.76. The molecular weight excluding hydrogens is 237 g/mol. The Labute approximate surface area is 114 Å². The van der Waals surface area contributed by atoms with Crippen LogP contribution in [0, 0.1) is 5.82 Å². The van der Waals surface area contributed by atoms with E-state index in [0.29, 0.717) is 0 Å². The Hall–Kier alpha value is -1.83. The highest BCUT2D eigenvalue weighted by molar-refractivity contribution is 5.45. The number of nitrogens with one attached hydrogen (secondary N) is 1. The Kier molecular flexibility index (Phi) is 4.96. The van der Waals surface area contributed by atoms with Gasteiger partial charge in [-0.3, -0.25) is 0 Å². The minimum absolute atomic E-state index is 0.183. The molecular formula is C17H20FN. The minimum atomic E-state index is -0.183. The lowest BCUT2D eigenvalue weighted by atomic mass is 10.0. The Morgan fingerprint density at radius 1 is 1.00 bits per heavy atom. The molecule has 0 saturated carbocycles. The van der Waals surface area contributed by atoms with E-state index in [4.69, 9.17) is 0 Å². The van der Waals surface area contributed by atoms with Gasteiger partial charge in [0.05, 0.1) is 6.04 Å². The molecule has 2 rings (SSSR count). The van der Waals surface area contributed by atoms with Gasteiger partial charge in [0.1, 0.15) is 5.82 Å². The summed E-state index contributed by atoms with van der Waals surface area (Å²) in [6, 6.07) is 17.2. The standard InChI is InChI=1S/C17H20FN/c1-2-3-9-17(14-10-12-15(18)13-11-14)19-16-7-5-4-6-8-16/h4-8,10-13,17,19H,2-3,9H2,1H3. The zero-order valence-electron chi connectivity index (χ0n) is 11.3. The molecule has 0 aliphatic rings. The Bertz CT molecular complexity index is 478. The third-order valence-electron chi connectivity index (χ3n) is 3.23. The zero-order chi connectivity index (χ0) is 13.5. The van der Waals surface area contributed by atoms with Crippen molar-refractivity contribution in [3.05, 3.63) is 66.0 Å². The highest BCUT2D eigenvalue weighted by Gasteiger charge is 2.10. The Morgan fingerprint density at radius 2 is 1.68 bits per heavy atom. The normalized spacial score (nSPS) is 12.1. The fraction of sp³-hybridized carbons (Fsp3) is 0.294. The van der Waals surface area contributed by atoms with E-state index >= 15 is 0 Å². The number of halogens is 1. The number of rotatable bonds is 6. The molecule has 0 heterocycles. The topological polar surface area (TPSA) is 12.0 Å². The summed E-state index contributed by atoms with van der Waals surface area (Å²) in [4.78, 5) is 0. The van der Waals surface area contributed by atoms with Gasteiger partial charge in [-0.05, 0) is 36.2 Å². The van der Waals surface area contributed by atoms with E-state index in [2.05, 4.69) is 24.4 Å². The van der Waals surface area contributed by atoms with Crippen LogP contribution in [0.25, 0.3) is 0 Å². The van der Waals surface area contributed by atoms with E-state index in [1.165, 1.54) is 12.1 Å². The molecule has 0 aliphatic heterocycles. The molecule has 100 valence electrons. The maximum absolute atomic E-state index is 13.0. The second-order valence-electron chi connectivity index (χ2n) is 4.76. The van der Waals surface area contributed by atoms with Gasteiger partial charge < -0.3 is 5.32 Å². The van der Waals surface area contributed by atoms with E-state index in [1.807, 2.05) is 30.3 Å². The smallest absolute Gasteiger partial charge is 0.123 e. The van der Waals surface area contributed by atoms with E-state index in [-0.39, 0.29) is 11.9 Å². The molecule has 0 spiro atoms. The van der Waals surface area contributed by atoms with Crippen molar-refractivity contribution in [1.82, 2.24) is 0 Å². The van der Waals surface area contributed by atoms with Crippen LogP contribution in [-0.4, -0.2) is 0 Å². The van der Waals surface area contributed by atoms with E-state index in [0.717, 1.165) is 30.5 Å². The van der Waals surface area contributed by atoms with Crippen LogP contribution in [0.3, 0.4) is 0 Å². The lowest BCUT2D eigenvalue weighted by Crippen LogP contribution is -2.10. The van der Waals surface area contributed by atoms with Crippen molar-refractivity contribution in [3.8, 4) is 0 Å². The summed E-state index contributed by atoms with van der Waals surface area (Å²) >= 11 is 0. The molecule has 0 amide bonds. The van der Waals surface area contributed by atoms with Crippen molar-refractivity contribution in [2.24, 2.45) is 0 Å². The van der Waals surface area contributed by atoms with Crippen LogP contribution in [-0.2, 0) is 0 Å². The molecule has 1 unspecified atom stereocenters. The molecule has 2 heteroatoms. The number of hydrogen-bond donors (Lipinski definition) is 1. The molecule has 1 N–H and O–H groups in total. The van der Waals surface area contributed by atoms with Crippen molar-refractivity contribution in [2.45, 2.75) is 32.2 Å². The predicted molar refractivity (Wildman–Crippen MR) is 78.7 cm³/mol. The van der Waals surface area contributed by atoms with Gasteiger partial charge >= 0.3 is 0 Å². The lowest BCUT2D eigenvalue weighted by Gasteiger charge is -2.20. The molecule has 1 atom stereocenters. The number of para-hydroxylation sites is 1. The van der Waals surface area contributed by atoms with Crippen LogP contribution < -0.4 is 5.32 Å². The summed E-state index contributed by atoms with van der Waals surface area (Å²) in [5.41, 5.74) is 2.24. The van der Waals surface area contributed by atoms with Crippen molar-refractivity contribution < 1.29 is 4.39 Å². The molecule has 0 aromatic heterocycles. The van der Waals surface area contributed by atoms with Gasteiger partial charge in [0.15, 0.2) is 0 Å². The summed E-state index contributed by atoms with van der Waals surface area (Å²) in [5, 5.41) is 3.53. The predicted octanol–water partition coefficient (Wildman–Crippen LogP) is 5.17. The molecule has 2 aromatic rings.